The third kappa shape index (κ3) is 6.12. The lowest BCUT2D eigenvalue weighted by molar-refractivity contribution is -0.385. The molecule has 0 saturated heterocycles. The van der Waals surface area contributed by atoms with Crippen molar-refractivity contribution in [1.29, 1.82) is 0 Å². The molecule has 2 aromatic rings. The number of nitrogens with one attached hydrogen (secondary N) is 1. The van der Waals surface area contributed by atoms with Crippen molar-refractivity contribution >= 4 is 19.4 Å². The maximum atomic E-state index is 13.4. The molecule has 156 valence electrons. The molecule has 0 fully saturated rings. The van der Waals surface area contributed by atoms with Crippen molar-refractivity contribution in [2.75, 3.05) is 13.2 Å². The van der Waals surface area contributed by atoms with Crippen LogP contribution in [0.3, 0.4) is 0 Å². The highest BCUT2D eigenvalue weighted by molar-refractivity contribution is 7.54. The Kier molecular flexibility index (Phi) is 8.33. The molecule has 0 bridgehead atoms. The van der Waals surface area contributed by atoms with Gasteiger partial charge in [-0.15, -0.1) is 0 Å². The van der Waals surface area contributed by atoms with E-state index in [0.29, 0.717) is 0 Å². The number of benzene rings is 2. The molecule has 0 aliphatic carbocycles. The highest BCUT2D eigenvalue weighted by atomic mass is 31.2. The molecule has 29 heavy (non-hydrogen) atoms. The molecule has 0 heterocycles. The molecule has 0 aliphatic rings. The second-order valence-electron chi connectivity index (χ2n) is 5.80. The van der Waals surface area contributed by atoms with Crippen molar-refractivity contribution in [3.63, 3.8) is 0 Å². The van der Waals surface area contributed by atoms with Crippen LogP contribution in [0.2, 0.25) is 0 Å². The fraction of sp³-hybridized carbons (Fsp3) is 0.316. The van der Waals surface area contributed by atoms with E-state index in [4.69, 9.17) is 13.8 Å². The third-order valence-corrected chi connectivity index (χ3v) is 6.11. The summed E-state index contributed by atoms with van der Waals surface area (Å²) in [7, 11) is -3.98. The molecule has 0 aliphatic heterocycles. The molecule has 0 spiro atoms. The zero-order valence-electron chi connectivity index (χ0n) is 16.1. The van der Waals surface area contributed by atoms with Crippen LogP contribution in [0.5, 0.6) is 0 Å². The predicted octanol–water partition coefficient (Wildman–Crippen LogP) is 4.79. The Morgan fingerprint density at radius 3 is 2.24 bits per heavy atom. The molecule has 10 heteroatoms. The standard InChI is InChI=1S/C19H23N2O7P/c1-3-27-29(25,28-4-2)18(16-12-8-9-13-17(16)21(23)24)20-19(22)26-14-15-10-6-5-7-11-15/h5-13,18H,3-4,14H2,1-2H3,(H,20,22). The van der Waals surface area contributed by atoms with Gasteiger partial charge >= 0.3 is 13.7 Å². The fourth-order valence-electron chi connectivity index (χ4n) is 2.63. The van der Waals surface area contributed by atoms with E-state index in [9.17, 15) is 19.5 Å². The first-order valence-electron chi connectivity index (χ1n) is 9.00. The largest absolute Gasteiger partial charge is 0.445 e. The number of hydrogen-bond donors (Lipinski definition) is 1. The summed E-state index contributed by atoms with van der Waals surface area (Å²) in [6.45, 7) is 3.24. The fourth-order valence-corrected chi connectivity index (χ4v) is 4.55. The Morgan fingerprint density at radius 2 is 1.66 bits per heavy atom. The number of hydrogen-bond acceptors (Lipinski definition) is 7. The minimum Gasteiger partial charge on any atom is -0.445 e. The second-order valence-corrected chi connectivity index (χ2v) is 7.91. The maximum absolute atomic E-state index is 13.4. The Labute approximate surface area is 168 Å². The number of rotatable bonds is 10. The monoisotopic (exact) mass is 422 g/mol. The number of carbonyl (C=O) groups excluding carboxylic acids is 1. The van der Waals surface area contributed by atoms with Crippen molar-refractivity contribution in [3.05, 3.63) is 75.8 Å². The first-order valence-corrected chi connectivity index (χ1v) is 10.6. The molecular formula is C19H23N2O7P. The third-order valence-electron chi connectivity index (χ3n) is 3.83. The Balaban J connectivity index is 2.33. The molecule has 9 nitrogen and oxygen atoms in total. The summed E-state index contributed by atoms with van der Waals surface area (Å²) in [6.07, 6.45) is -0.906. The lowest BCUT2D eigenvalue weighted by Gasteiger charge is -2.26. The van der Waals surface area contributed by atoms with E-state index in [1.807, 2.05) is 6.07 Å². The molecule has 2 rings (SSSR count). The summed E-state index contributed by atoms with van der Waals surface area (Å²) in [4.78, 5) is 23.2. The highest BCUT2D eigenvalue weighted by Gasteiger charge is 2.42. The predicted molar refractivity (Wildman–Crippen MR) is 106 cm³/mol. The number of alkyl carbamates (subject to hydrolysis) is 1. The molecule has 1 N–H and O–H groups in total. The van der Waals surface area contributed by atoms with Crippen LogP contribution in [0.1, 0.15) is 30.8 Å². The van der Waals surface area contributed by atoms with Crippen molar-refractivity contribution in [1.82, 2.24) is 5.32 Å². The Bertz CT molecular complexity index is 866. The van der Waals surface area contributed by atoms with E-state index in [0.717, 1.165) is 5.56 Å². The molecule has 0 saturated carbocycles. The minimum atomic E-state index is -3.98. The summed E-state index contributed by atoms with van der Waals surface area (Å²) >= 11 is 0. The van der Waals surface area contributed by atoms with E-state index in [1.54, 1.807) is 38.1 Å². The van der Waals surface area contributed by atoms with E-state index >= 15 is 0 Å². The van der Waals surface area contributed by atoms with Crippen LogP contribution >= 0.6 is 7.60 Å². The molecule has 0 radical (unpaired) electrons. The van der Waals surface area contributed by atoms with Crippen LogP contribution < -0.4 is 5.32 Å². The summed E-state index contributed by atoms with van der Waals surface area (Å²) in [5.41, 5.74) is 0.433. The number of amides is 1. The molecule has 1 amide bonds. The van der Waals surface area contributed by atoms with Crippen molar-refractivity contribution < 1.29 is 28.1 Å². The molecule has 1 atom stereocenters. The summed E-state index contributed by atoms with van der Waals surface area (Å²) in [6, 6.07) is 14.6. The van der Waals surface area contributed by atoms with Crippen LogP contribution in [0.15, 0.2) is 54.6 Å². The van der Waals surface area contributed by atoms with Gasteiger partial charge in [-0.1, -0.05) is 42.5 Å². The SMILES string of the molecule is CCOP(=O)(OCC)C(NC(=O)OCc1ccccc1)c1ccccc1[N+](=O)[O-]. The average molecular weight is 422 g/mol. The normalized spacial score (nSPS) is 12.2. The van der Waals surface area contributed by atoms with Gasteiger partial charge in [0.1, 0.15) is 6.61 Å². The molecular weight excluding hydrogens is 399 g/mol. The van der Waals surface area contributed by atoms with Gasteiger partial charge in [0.15, 0.2) is 5.78 Å². The van der Waals surface area contributed by atoms with Crippen molar-refractivity contribution in [2.24, 2.45) is 0 Å². The van der Waals surface area contributed by atoms with Crippen molar-refractivity contribution in [3.8, 4) is 0 Å². The number of ether oxygens (including phenoxy) is 1. The summed E-state index contributed by atoms with van der Waals surface area (Å²) in [5.74, 6) is -1.41. The van der Waals surface area contributed by atoms with Gasteiger partial charge in [0.05, 0.1) is 23.7 Å². The molecule has 0 aromatic heterocycles. The lowest BCUT2D eigenvalue weighted by Crippen LogP contribution is -2.30. The maximum Gasteiger partial charge on any atom is 0.408 e. The van der Waals surface area contributed by atoms with Gasteiger partial charge in [-0.25, -0.2) is 4.79 Å². The van der Waals surface area contributed by atoms with Crippen LogP contribution in [0, 0.1) is 10.1 Å². The molecule has 1 unspecified atom stereocenters. The van der Waals surface area contributed by atoms with Crippen molar-refractivity contribution in [2.45, 2.75) is 26.2 Å². The van der Waals surface area contributed by atoms with E-state index in [2.05, 4.69) is 5.32 Å². The van der Waals surface area contributed by atoms with Gasteiger partial charge in [0.2, 0.25) is 0 Å². The number of nitro groups is 1. The number of nitro benzene ring substituents is 1. The minimum absolute atomic E-state index is 0.000561. The van der Waals surface area contributed by atoms with Gasteiger partial charge in [-0.3, -0.25) is 14.7 Å². The van der Waals surface area contributed by atoms with Gasteiger partial charge in [-0.2, -0.15) is 0 Å². The number of carbonyl (C=O) groups is 1. The number of nitrogens with zero attached hydrogens (tertiary/aromatic N) is 1. The van der Waals surface area contributed by atoms with Crippen LogP contribution in [0.25, 0.3) is 0 Å². The first-order chi connectivity index (χ1) is 13.9. The van der Waals surface area contributed by atoms with Gasteiger partial charge in [0, 0.05) is 6.07 Å². The van der Waals surface area contributed by atoms with E-state index in [-0.39, 0.29) is 31.1 Å². The smallest absolute Gasteiger partial charge is 0.408 e. The zero-order valence-corrected chi connectivity index (χ0v) is 17.0. The second kappa shape index (κ2) is 10.7. The quantitative estimate of drug-likeness (QED) is 0.332. The summed E-state index contributed by atoms with van der Waals surface area (Å²) < 4.78 is 29.2. The van der Waals surface area contributed by atoms with Crippen LogP contribution in [0.4, 0.5) is 10.5 Å². The van der Waals surface area contributed by atoms with Gasteiger partial charge < -0.3 is 19.1 Å². The average Bonchev–Trinajstić information content (AvgIpc) is 2.71. The van der Waals surface area contributed by atoms with Gasteiger partial charge in [0.25, 0.3) is 5.69 Å². The summed E-state index contributed by atoms with van der Waals surface area (Å²) in [5, 5.41) is 13.9. The lowest BCUT2D eigenvalue weighted by atomic mass is 10.2. The Morgan fingerprint density at radius 1 is 1.07 bits per heavy atom. The topological polar surface area (TPSA) is 117 Å². The highest BCUT2D eigenvalue weighted by Crippen LogP contribution is 2.60. The van der Waals surface area contributed by atoms with Crippen LogP contribution in [-0.2, 0) is 25.0 Å². The van der Waals surface area contributed by atoms with Gasteiger partial charge in [-0.05, 0) is 25.5 Å². The first kappa shape index (κ1) is 22.5. The van der Waals surface area contributed by atoms with E-state index < -0.39 is 24.4 Å². The molecule has 2 aromatic carbocycles. The number of para-hydroxylation sites is 1. The van der Waals surface area contributed by atoms with Crippen LogP contribution in [-0.4, -0.2) is 24.2 Å². The Hall–Kier alpha value is -2.74. The zero-order chi connectivity index (χ0) is 21.3. The van der Waals surface area contributed by atoms with E-state index in [1.165, 1.54) is 24.3 Å².